The molecule has 172 valence electrons. The van der Waals surface area contributed by atoms with Crippen LogP contribution in [0.25, 0.3) is 0 Å². The van der Waals surface area contributed by atoms with Gasteiger partial charge < -0.3 is 14.4 Å². The van der Waals surface area contributed by atoms with Gasteiger partial charge in [0, 0.05) is 27.2 Å². The molecule has 0 radical (unpaired) electrons. The fraction of sp³-hybridized carbons (Fsp3) is 0.636. The Labute approximate surface area is 184 Å². The number of sulfonamides is 1. The van der Waals surface area contributed by atoms with E-state index in [0.29, 0.717) is 12.8 Å². The highest BCUT2D eigenvalue weighted by Gasteiger charge is 2.62. The molecule has 0 N–H and O–H groups in total. The molecule has 31 heavy (non-hydrogen) atoms. The number of rotatable bonds is 7. The molecule has 2 heterocycles. The quantitative estimate of drug-likeness (QED) is 0.586. The van der Waals surface area contributed by atoms with Gasteiger partial charge in [-0.25, -0.2) is 8.42 Å². The number of likely N-dealkylation sites (tertiary alicyclic amines) is 1. The Hall–Kier alpha value is -1.97. The molecule has 2 aliphatic rings. The zero-order valence-electron chi connectivity index (χ0n) is 18.7. The van der Waals surface area contributed by atoms with Gasteiger partial charge in [0.05, 0.1) is 17.0 Å². The van der Waals surface area contributed by atoms with Gasteiger partial charge in [0.25, 0.3) is 5.91 Å². The molecule has 2 aliphatic heterocycles. The lowest BCUT2D eigenvalue weighted by atomic mass is 9.76. The van der Waals surface area contributed by atoms with Crippen molar-refractivity contribution < 1.29 is 27.5 Å². The number of piperidine rings is 1. The number of likely N-dealkylation sites (N-methyl/N-ethyl adjacent to an activating group) is 1. The number of benzene rings is 1. The summed E-state index contributed by atoms with van der Waals surface area (Å²) in [7, 11) is -0.592. The number of hydrogen-bond acceptors (Lipinski definition) is 6. The summed E-state index contributed by atoms with van der Waals surface area (Å²) in [5.74, 6) is -1.54. The van der Waals surface area contributed by atoms with E-state index in [4.69, 9.17) is 9.47 Å². The maximum absolute atomic E-state index is 13.2. The number of carbonyl (C=O) groups is 2. The lowest BCUT2D eigenvalue weighted by Gasteiger charge is -2.45. The summed E-state index contributed by atoms with van der Waals surface area (Å²) in [6.45, 7) is 4.42. The molecule has 9 heteroatoms. The predicted octanol–water partition coefficient (Wildman–Crippen LogP) is 1.83. The second-order valence-electron chi connectivity index (χ2n) is 8.18. The average Bonchev–Trinajstić information content (AvgIpc) is 2.96. The van der Waals surface area contributed by atoms with Crippen molar-refractivity contribution in [2.75, 3.05) is 33.9 Å². The molecule has 0 saturated carbocycles. The molecule has 0 aromatic heterocycles. The van der Waals surface area contributed by atoms with Crippen LogP contribution in [0.4, 0.5) is 0 Å². The number of nitrogens with zero attached hydrogens (tertiary/aromatic N) is 2. The zero-order chi connectivity index (χ0) is 22.8. The van der Waals surface area contributed by atoms with Crippen molar-refractivity contribution in [2.24, 2.45) is 5.92 Å². The van der Waals surface area contributed by atoms with Crippen molar-refractivity contribution in [1.29, 1.82) is 0 Å². The fourth-order valence-corrected chi connectivity index (χ4v) is 6.32. The van der Waals surface area contributed by atoms with Crippen molar-refractivity contribution in [3.63, 3.8) is 0 Å². The van der Waals surface area contributed by atoms with Crippen LogP contribution in [0, 0.1) is 5.92 Å². The molecule has 0 bridgehead atoms. The first-order valence-electron chi connectivity index (χ1n) is 10.8. The van der Waals surface area contributed by atoms with Crippen molar-refractivity contribution in [2.45, 2.75) is 56.1 Å². The average molecular weight is 453 g/mol. The molecule has 0 aliphatic carbocycles. The first-order chi connectivity index (χ1) is 14.7. The number of hydrogen-bond donors (Lipinski definition) is 0. The van der Waals surface area contributed by atoms with Gasteiger partial charge in [-0.3, -0.25) is 9.59 Å². The second-order valence-corrected chi connectivity index (χ2v) is 10.1. The molecule has 1 aromatic rings. The minimum Gasteiger partial charge on any atom is -0.466 e. The van der Waals surface area contributed by atoms with Gasteiger partial charge in [-0.1, -0.05) is 25.5 Å². The predicted molar refractivity (Wildman–Crippen MR) is 115 cm³/mol. The second kappa shape index (κ2) is 9.26. The van der Waals surface area contributed by atoms with Gasteiger partial charge in [0.15, 0.2) is 6.10 Å². The van der Waals surface area contributed by atoms with E-state index in [0.717, 1.165) is 18.4 Å². The molecule has 8 nitrogen and oxygen atoms in total. The maximum Gasteiger partial charge on any atom is 0.314 e. The third-order valence-electron chi connectivity index (χ3n) is 6.61. The number of aryl methyl sites for hydroxylation is 1. The highest BCUT2D eigenvalue weighted by molar-refractivity contribution is 7.89. The third-order valence-corrected chi connectivity index (χ3v) is 8.52. The minimum absolute atomic E-state index is 0.203. The normalized spacial score (nSPS) is 24.0. The van der Waals surface area contributed by atoms with Crippen LogP contribution in [-0.4, -0.2) is 75.0 Å². The lowest BCUT2D eigenvalue weighted by molar-refractivity contribution is -0.156. The lowest BCUT2D eigenvalue weighted by Crippen LogP contribution is -2.57. The van der Waals surface area contributed by atoms with E-state index in [2.05, 4.69) is 6.92 Å². The summed E-state index contributed by atoms with van der Waals surface area (Å²) in [6, 6.07) is 7.01. The van der Waals surface area contributed by atoms with E-state index < -0.39 is 33.6 Å². The molecule has 2 atom stereocenters. The molecule has 3 rings (SSSR count). The Balaban J connectivity index is 1.83. The van der Waals surface area contributed by atoms with E-state index in [-0.39, 0.29) is 30.5 Å². The van der Waals surface area contributed by atoms with Crippen molar-refractivity contribution in [3.05, 3.63) is 29.8 Å². The highest BCUT2D eigenvalue weighted by atomic mass is 32.2. The summed E-state index contributed by atoms with van der Waals surface area (Å²) < 4.78 is 38.4. The van der Waals surface area contributed by atoms with Crippen molar-refractivity contribution >= 4 is 21.9 Å². The largest absolute Gasteiger partial charge is 0.466 e. The van der Waals surface area contributed by atoms with Gasteiger partial charge in [-0.05, 0) is 43.9 Å². The molecular weight excluding hydrogens is 420 g/mol. The van der Waals surface area contributed by atoms with Crippen LogP contribution in [0.15, 0.2) is 29.2 Å². The van der Waals surface area contributed by atoms with E-state index in [1.54, 1.807) is 31.0 Å². The van der Waals surface area contributed by atoms with Crippen LogP contribution in [-0.2, 0) is 35.5 Å². The Morgan fingerprint density at radius 1 is 1.16 bits per heavy atom. The number of ether oxygens (including phenoxy) is 2. The standard InChI is InChI=1S/C22H32N2O6S/c1-5-7-16-8-10-17(11-9-16)31(27,28)24-14-12-22(13-15-24)18(21(26)30-6-2)19(29-4)20(25)23(22)3/h8-11,18-19H,5-7,12-15H2,1-4H3/t18-,19+/m0/s1. The Bertz CT molecular complexity index is 906. The van der Waals surface area contributed by atoms with E-state index in [1.165, 1.54) is 11.4 Å². The van der Waals surface area contributed by atoms with Gasteiger partial charge in [-0.2, -0.15) is 4.31 Å². The van der Waals surface area contributed by atoms with Crippen LogP contribution in [0.3, 0.4) is 0 Å². The molecule has 0 unspecified atom stereocenters. The van der Waals surface area contributed by atoms with E-state index in [9.17, 15) is 18.0 Å². The topological polar surface area (TPSA) is 93.2 Å². The van der Waals surface area contributed by atoms with Gasteiger partial charge in [0.2, 0.25) is 10.0 Å². The first kappa shape index (κ1) is 23.7. The monoisotopic (exact) mass is 452 g/mol. The minimum atomic E-state index is -3.66. The first-order valence-corrected chi connectivity index (χ1v) is 12.2. The van der Waals surface area contributed by atoms with Crippen LogP contribution in [0.2, 0.25) is 0 Å². The number of amides is 1. The summed E-state index contributed by atoms with van der Waals surface area (Å²) in [5, 5.41) is 0. The molecule has 2 fully saturated rings. The van der Waals surface area contributed by atoms with Gasteiger partial charge >= 0.3 is 5.97 Å². The summed E-state index contributed by atoms with van der Waals surface area (Å²) >= 11 is 0. The zero-order valence-corrected chi connectivity index (χ0v) is 19.5. The molecule has 1 spiro atoms. The Kier molecular flexibility index (Phi) is 7.08. The Morgan fingerprint density at radius 3 is 2.29 bits per heavy atom. The number of carbonyl (C=O) groups excluding carboxylic acids is 2. The molecular formula is C22H32N2O6S. The van der Waals surface area contributed by atoms with Crippen molar-refractivity contribution in [3.8, 4) is 0 Å². The fourth-order valence-electron chi connectivity index (χ4n) is 4.88. The highest BCUT2D eigenvalue weighted by Crippen LogP contribution is 2.45. The third kappa shape index (κ3) is 4.10. The molecule has 1 aromatic carbocycles. The SMILES string of the molecule is CCCc1ccc(S(=O)(=O)N2CCC3(CC2)[C@H](C(=O)OCC)[C@@H](OC)C(=O)N3C)cc1. The summed E-state index contributed by atoms with van der Waals surface area (Å²) in [6.07, 6.45) is 1.66. The van der Waals surface area contributed by atoms with Gasteiger partial charge in [0.1, 0.15) is 5.92 Å². The van der Waals surface area contributed by atoms with Crippen LogP contribution >= 0.6 is 0 Å². The smallest absolute Gasteiger partial charge is 0.314 e. The summed E-state index contributed by atoms with van der Waals surface area (Å²) in [4.78, 5) is 27.3. The molecule has 1 amide bonds. The maximum atomic E-state index is 13.2. The van der Waals surface area contributed by atoms with E-state index >= 15 is 0 Å². The van der Waals surface area contributed by atoms with Crippen LogP contribution in [0.5, 0.6) is 0 Å². The number of esters is 1. The summed E-state index contributed by atoms with van der Waals surface area (Å²) in [5.41, 5.74) is 0.286. The van der Waals surface area contributed by atoms with Gasteiger partial charge in [-0.15, -0.1) is 0 Å². The van der Waals surface area contributed by atoms with Crippen molar-refractivity contribution in [1.82, 2.24) is 9.21 Å². The molecule has 2 saturated heterocycles. The number of methoxy groups -OCH3 is 1. The Morgan fingerprint density at radius 2 is 1.77 bits per heavy atom. The van der Waals surface area contributed by atoms with Crippen LogP contribution in [0.1, 0.15) is 38.7 Å². The van der Waals surface area contributed by atoms with Crippen LogP contribution < -0.4 is 0 Å². The van der Waals surface area contributed by atoms with E-state index in [1.807, 2.05) is 12.1 Å².